The Balaban J connectivity index is 0.000000435. The first kappa shape index (κ1) is 22.2. The van der Waals surface area contributed by atoms with Crippen LogP contribution in [-0.4, -0.2) is 43.2 Å². The number of likely N-dealkylation sites (tertiary alicyclic amines) is 1. The molecule has 4 N–H and O–H groups in total. The smallest absolute Gasteiger partial charge is 0.335 e. The van der Waals surface area contributed by atoms with Crippen molar-refractivity contribution in [2.24, 2.45) is 11.5 Å². The van der Waals surface area contributed by atoms with E-state index in [1.165, 1.54) is 44.7 Å². The summed E-state index contributed by atoms with van der Waals surface area (Å²) < 4.78 is 5.74. The molecule has 1 saturated carbocycles. The highest BCUT2D eigenvalue weighted by molar-refractivity contribution is 9.11. The van der Waals surface area contributed by atoms with Crippen LogP contribution in [0.5, 0.6) is 0 Å². The first-order chi connectivity index (χ1) is 12.1. The molecule has 5 nitrogen and oxygen atoms in total. The molecule has 1 heterocycles. The summed E-state index contributed by atoms with van der Waals surface area (Å²) in [5, 5.41) is 0. The zero-order chi connectivity index (χ0) is 18.5. The zero-order valence-electron chi connectivity index (χ0n) is 15.5. The summed E-state index contributed by atoms with van der Waals surface area (Å²) in [5.41, 5.74) is 11.9. The van der Waals surface area contributed by atoms with Gasteiger partial charge in [0.1, 0.15) is 0 Å². The van der Waals surface area contributed by atoms with Gasteiger partial charge in [-0.15, -0.1) is 0 Å². The first-order valence-corrected chi connectivity index (χ1v) is 10.3. The number of nitrogens with two attached hydrogens (primary N) is 2. The molecule has 0 atom stereocenters. The molecule has 1 saturated heterocycles. The Bertz CT molecular complexity index is 428. The lowest BCUT2D eigenvalue weighted by molar-refractivity contribution is -0.138. The number of nitrogens with zero attached hydrogens (tertiary/aromatic N) is 1. The Morgan fingerprint density at radius 2 is 1.68 bits per heavy atom. The molecule has 0 aromatic heterocycles. The minimum atomic E-state index is -0.295. The van der Waals surface area contributed by atoms with Crippen molar-refractivity contribution in [3.8, 4) is 0 Å². The van der Waals surface area contributed by atoms with E-state index in [0.29, 0.717) is 23.2 Å². The van der Waals surface area contributed by atoms with E-state index in [1.54, 1.807) is 13.0 Å². The summed E-state index contributed by atoms with van der Waals surface area (Å²) >= 11 is 3.28. The van der Waals surface area contributed by atoms with Gasteiger partial charge in [-0.05, 0) is 54.9 Å². The molecule has 0 aromatic carbocycles. The van der Waals surface area contributed by atoms with Gasteiger partial charge in [0.25, 0.3) is 0 Å². The Hall–Kier alpha value is -0.850. The second-order valence-corrected chi connectivity index (χ2v) is 7.59. The molecule has 0 aromatic rings. The molecule has 1 aliphatic carbocycles. The van der Waals surface area contributed by atoms with Gasteiger partial charge in [-0.3, -0.25) is 4.90 Å². The van der Waals surface area contributed by atoms with E-state index >= 15 is 0 Å². The van der Waals surface area contributed by atoms with Gasteiger partial charge in [0.15, 0.2) is 0 Å². The molecule has 144 valence electrons. The maximum absolute atomic E-state index is 11.9. The minimum Gasteiger partial charge on any atom is -0.463 e. The number of rotatable bonds is 5. The van der Waals surface area contributed by atoms with Crippen molar-refractivity contribution in [3.63, 3.8) is 0 Å². The SMILES string of the molecule is C1CCCCC1.CCOC(=O)/C(=C/C(Br)=C\N)CN1CCC(N)CC1. The van der Waals surface area contributed by atoms with Crippen molar-refractivity contribution >= 4 is 21.9 Å². The number of allylic oxidation sites excluding steroid dienone is 2. The fourth-order valence-electron chi connectivity index (χ4n) is 3.02. The third kappa shape index (κ3) is 10.0. The maximum Gasteiger partial charge on any atom is 0.335 e. The lowest BCUT2D eigenvalue weighted by Crippen LogP contribution is -2.41. The van der Waals surface area contributed by atoms with E-state index < -0.39 is 0 Å². The molecule has 25 heavy (non-hydrogen) atoms. The third-order valence-corrected chi connectivity index (χ3v) is 5.03. The van der Waals surface area contributed by atoms with Gasteiger partial charge in [0, 0.05) is 23.3 Å². The maximum atomic E-state index is 11.9. The third-order valence-electron chi connectivity index (χ3n) is 4.54. The van der Waals surface area contributed by atoms with E-state index in [0.717, 1.165) is 25.9 Å². The molecule has 2 fully saturated rings. The molecule has 0 spiro atoms. The van der Waals surface area contributed by atoms with Gasteiger partial charge in [-0.25, -0.2) is 4.79 Å². The van der Waals surface area contributed by atoms with E-state index in [2.05, 4.69) is 20.8 Å². The summed E-state index contributed by atoms with van der Waals surface area (Å²) in [7, 11) is 0. The monoisotopic (exact) mass is 415 g/mol. The molecule has 2 aliphatic rings. The standard InChI is InChI=1S/C13H22BrN3O2.C6H12/c1-2-19-13(18)10(7-11(14)8-15)9-17-5-3-12(16)4-6-17;1-2-4-6-5-3-1/h7-8,12H,2-6,9,15-16H2,1H3;1-6H2/b10-7+,11-8+;. The van der Waals surface area contributed by atoms with Gasteiger partial charge in [0.05, 0.1) is 12.2 Å². The van der Waals surface area contributed by atoms with E-state index in [-0.39, 0.29) is 12.0 Å². The van der Waals surface area contributed by atoms with E-state index in [9.17, 15) is 4.79 Å². The Morgan fingerprint density at radius 3 is 2.12 bits per heavy atom. The highest BCUT2D eigenvalue weighted by Gasteiger charge is 2.20. The van der Waals surface area contributed by atoms with Gasteiger partial charge in [0.2, 0.25) is 0 Å². The zero-order valence-corrected chi connectivity index (χ0v) is 17.1. The van der Waals surface area contributed by atoms with Crippen molar-refractivity contribution < 1.29 is 9.53 Å². The second kappa shape index (κ2) is 13.4. The topological polar surface area (TPSA) is 81.6 Å². The van der Waals surface area contributed by atoms with E-state index in [1.807, 2.05) is 0 Å². The molecule has 2 rings (SSSR count). The van der Waals surface area contributed by atoms with E-state index in [4.69, 9.17) is 16.2 Å². The number of hydrogen-bond acceptors (Lipinski definition) is 5. The predicted molar refractivity (Wildman–Crippen MR) is 107 cm³/mol. The second-order valence-electron chi connectivity index (χ2n) is 6.68. The van der Waals surface area contributed by atoms with Crippen LogP contribution >= 0.6 is 15.9 Å². The number of esters is 1. The molecular weight excluding hydrogens is 382 g/mol. The molecular formula is C19H34BrN3O2. The highest BCUT2D eigenvalue weighted by Crippen LogP contribution is 2.16. The van der Waals surface area contributed by atoms with Gasteiger partial charge in [-0.1, -0.05) is 38.5 Å². The summed E-state index contributed by atoms with van der Waals surface area (Å²) in [6.45, 7) is 4.53. The Kier molecular flexibility index (Phi) is 11.9. The minimum absolute atomic E-state index is 0.280. The Labute approximate surface area is 161 Å². The average molecular weight is 416 g/mol. The largest absolute Gasteiger partial charge is 0.463 e. The van der Waals surface area contributed by atoms with Gasteiger partial charge >= 0.3 is 5.97 Å². The number of hydrogen-bond donors (Lipinski definition) is 2. The number of halogens is 1. The lowest BCUT2D eigenvalue weighted by atomic mass is 10.0. The number of carbonyl (C=O) groups is 1. The van der Waals surface area contributed by atoms with Crippen molar-refractivity contribution in [3.05, 3.63) is 22.3 Å². The lowest BCUT2D eigenvalue weighted by Gasteiger charge is -2.30. The average Bonchev–Trinajstić information content (AvgIpc) is 2.65. The highest BCUT2D eigenvalue weighted by atomic mass is 79.9. The predicted octanol–water partition coefficient (Wildman–Crippen LogP) is 3.43. The summed E-state index contributed by atoms with van der Waals surface area (Å²) in [5.74, 6) is -0.295. The van der Waals surface area contributed by atoms with Crippen LogP contribution in [0.25, 0.3) is 0 Å². The number of ether oxygens (including phenoxy) is 1. The van der Waals surface area contributed by atoms with Gasteiger partial charge in [-0.2, -0.15) is 0 Å². The number of carbonyl (C=O) groups excluding carboxylic acids is 1. The summed E-state index contributed by atoms with van der Waals surface area (Å²) in [6, 6.07) is 0.280. The van der Waals surface area contributed by atoms with Crippen LogP contribution < -0.4 is 11.5 Å². The van der Waals surface area contributed by atoms with Crippen LogP contribution in [0, 0.1) is 0 Å². The van der Waals surface area contributed by atoms with Gasteiger partial charge < -0.3 is 16.2 Å². The van der Waals surface area contributed by atoms with Crippen molar-refractivity contribution in [2.45, 2.75) is 64.3 Å². The van der Waals surface area contributed by atoms with Crippen LogP contribution in [0.15, 0.2) is 22.3 Å². The Morgan fingerprint density at radius 1 is 1.16 bits per heavy atom. The molecule has 1 aliphatic heterocycles. The van der Waals surface area contributed by atoms with Crippen LogP contribution in [0.1, 0.15) is 58.3 Å². The van der Waals surface area contributed by atoms with Crippen LogP contribution in [-0.2, 0) is 9.53 Å². The quantitative estimate of drug-likeness (QED) is 0.408. The van der Waals surface area contributed by atoms with Crippen molar-refractivity contribution in [1.82, 2.24) is 4.90 Å². The molecule has 0 bridgehead atoms. The molecule has 0 amide bonds. The van der Waals surface area contributed by atoms with Crippen molar-refractivity contribution in [2.75, 3.05) is 26.2 Å². The number of piperidine rings is 1. The molecule has 0 unspecified atom stereocenters. The van der Waals surface area contributed by atoms with Crippen LogP contribution in [0.4, 0.5) is 0 Å². The van der Waals surface area contributed by atoms with Crippen LogP contribution in [0.2, 0.25) is 0 Å². The molecule has 0 radical (unpaired) electrons. The fourth-order valence-corrected chi connectivity index (χ4v) is 3.30. The van der Waals surface area contributed by atoms with Crippen molar-refractivity contribution in [1.29, 1.82) is 0 Å². The molecule has 6 heteroatoms. The fraction of sp³-hybridized carbons (Fsp3) is 0.737. The first-order valence-electron chi connectivity index (χ1n) is 9.49. The summed E-state index contributed by atoms with van der Waals surface area (Å²) in [4.78, 5) is 14.1. The normalized spacial score (nSPS) is 20.6. The summed E-state index contributed by atoms with van der Waals surface area (Å²) in [6.07, 6.45) is 14.0. The van der Waals surface area contributed by atoms with Crippen LogP contribution in [0.3, 0.4) is 0 Å².